The molecule has 4 N–H and O–H groups in total. The first kappa shape index (κ1) is 11.3. The molecule has 1 heterocycles. The van der Waals surface area contributed by atoms with Crippen LogP contribution < -0.4 is 11.1 Å². The van der Waals surface area contributed by atoms with Gasteiger partial charge in [-0.05, 0) is 17.7 Å². The van der Waals surface area contributed by atoms with Gasteiger partial charge in [-0.15, -0.1) is 0 Å². The zero-order chi connectivity index (χ0) is 12.1. The van der Waals surface area contributed by atoms with E-state index in [1.807, 2.05) is 12.1 Å². The van der Waals surface area contributed by atoms with Crippen molar-refractivity contribution < 1.29 is 4.79 Å². The molecular formula is C12H14N4O. The number of nitrogens with one attached hydrogen (secondary N) is 2. The number of benzene rings is 1. The fraction of sp³-hybridized carbons (Fsp3) is 0.167. The fourth-order valence-corrected chi connectivity index (χ4v) is 1.51. The largest absolute Gasteiger partial charge is 0.366 e. The first-order valence-corrected chi connectivity index (χ1v) is 5.33. The molecule has 17 heavy (non-hydrogen) atoms. The molecule has 0 saturated heterocycles. The van der Waals surface area contributed by atoms with E-state index in [1.165, 1.54) is 0 Å². The number of aromatic amines is 1. The number of hydrogen-bond donors (Lipinski definition) is 3. The van der Waals surface area contributed by atoms with Gasteiger partial charge in [0.15, 0.2) is 0 Å². The summed E-state index contributed by atoms with van der Waals surface area (Å²) in [5.74, 6) is 0.499. The molecule has 5 heteroatoms. The highest BCUT2D eigenvalue weighted by Crippen LogP contribution is 2.03. The highest BCUT2D eigenvalue weighted by atomic mass is 16.1. The summed E-state index contributed by atoms with van der Waals surface area (Å²) >= 11 is 0. The Kier molecular flexibility index (Phi) is 3.52. The third-order valence-electron chi connectivity index (χ3n) is 2.41. The predicted octanol–water partition coefficient (Wildman–Crippen LogP) is 0.798. The van der Waals surface area contributed by atoms with Crippen LogP contribution >= 0.6 is 0 Å². The van der Waals surface area contributed by atoms with Gasteiger partial charge in [0.2, 0.25) is 5.91 Å². The number of carbonyl (C=O) groups excluding carboxylic acids is 1. The van der Waals surface area contributed by atoms with Crippen LogP contribution in [-0.2, 0) is 13.1 Å². The number of primary amides is 1. The van der Waals surface area contributed by atoms with Gasteiger partial charge in [-0.1, -0.05) is 12.1 Å². The summed E-state index contributed by atoms with van der Waals surface area (Å²) in [6, 6.07) is 7.23. The van der Waals surface area contributed by atoms with Gasteiger partial charge in [-0.2, -0.15) is 0 Å². The number of rotatable bonds is 5. The van der Waals surface area contributed by atoms with Crippen LogP contribution in [0.1, 0.15) is 21.7 Å². The molecule has 1 amide bonds. The van der Waals surface area contributed by atoms with Gasteiger partial charge >= 0.3 is 0 Å². The molecule has 0 spiro atoms. The highest BCUT2D eigenvalue weighted by molar-refractivity contribution is 5.92. The number of amides is 1. The van der Waals surface area contributed by atoms with Crippen molar-refractivity contribution in [3.63, 3.8) is 0 Å². The van der Waals surface area contributed by atoms with Crippen LogP contribution in [0.2, 0.25) is 0 Å². The molecule has 0 aliphatic rings. The first-order valence-electron chi connectivity index (χ1n) is 5.33. The molecule has 0 saturated carbocycles. The van der Waals surface area contributed by atoms with Crippen molar-refractivity contribution in [1.29, 1.82) is 0 Å². The van der Waals surface area contributed by atoms with Gasteiger partial charge in [0.25, 0.3) is 0 Å². The molecule has 0 fully saturated rings. The van der Waals surface area contributed by atoms with E-state index in [-0.39, 0.29) is 0 Å². The van der Waals surface area contributed by atoms with Gasteiger partial charge in [0.05, 0.1) is 6.54 Å². The highest BCUT2D eigenvalue weighted by Gasteiger charge is 2.00. The van der Waals surface area contributed by atoms with Crippen molar-refractivity contribution in [3.05, 3.63) is 53.6 Å². The Morgan fingerprint density at radius 2 is 2.06 bits per heavy atom. The Labute approximate surface area is 99.1 Å². The molecule has 1 aromatic carbocycles. The molecule has 5 nitrogen and oxygen atoms in total. The molecule has 2 rings (SSSR count). The van der Waals surface area contributed by atoms with Gasteiger partial charge in [0, 0.05) is 24.5 Å². The molecule has 0 aliphatic carbocycles. The van der Waals surface area contributed by atoms with Crippen LogP contribution in [0.25, 0.3) is 0 Å². The first-order chi connectivity index (χ1) is 8.25. The smallest absolute Gasteiger partial charge is 0.248 e. The number of imidazole rings is 1. The SMILES string of the molecule is NC(=O)c1ccc(CNCc2ncc[nH]2)cc1. The maximum absolute atomic E-state index is 10.9. The van der Waals surface area contributed by atoms with Crippen molar-refractivity contribution >= 4 is 5.91 Å². The van der Waals surface area contributed by atoms with Gasteiger partial charge in [-0.3, -0.25) is 4.79 Å². The standard InChI is InChI=1S/C12H14N4O/c13-12(17)10-3-1-9(2-4-10)7-14-8-11-15-5-6-16-11/h1-6,14H,7-8H2,(H2,13,17)(H,15,16). The Morgan fingerprint density at radius 1 is 1.29 bits per heavy atom. The Morgan fingerprint density at radius 3 is 2.65 bits per heavy atom. The Hall–Kier alpha value is -2.14. The normalized spacial score (nSPS) is 10.4. The maximum atomic E-state index is 10.9. The molecular weight excluding hydrogens is 216 g/mol. The third-order valence-corrected chi connectivity index (χ3v) is 2.41. The van der Waals surface area contributed by atoms with Crippen LogP contribution in [0, 0.1) is 0 Å². The van der Waals surface area contributed by atoms with Crippen LogP contribution in [0.3, 0.4) is 0 Å². The molecule has 1 aromatic heterocycles. The minimum Gasteiger partial charge on any atom is -0.366 e. The van der Waals surface area contributed by atoms with E-state index in [1.54, 1.807) is 24.5 Å². The summed E-state index contributed by atoms with van der Waals surface area (Å²) in [5, 5.41) is 3.24. The van der Waals surface area contributed by atoms with Crippen LogP contribution in [0.15, 0.2) is 36.7 Å². The minimum atomic E-state index is -0.403. The molecule has 2 aromatic rings. The van der Waals surface area contributed by atoms with Crippen molar-refractivity contribution in [3.8, 4) is 0 Å². The van der Waals surface area contributed by atoms with Gasteiger partial charge in [0.1, 0.15) is 5.82 Å². The summed E-state index contributed by atoms with van der Waals surface area (Å²) in [4.78, 5) is 18.0. The predicted molar refractivity (Wildman–Crippen MR) is 64.1 cm³/mol. The van der Waals surface area contributed by atoms with Gasteiger partial charge in [-0.25, -0.2) is 4.98 Å². The van der Waals surface area contributed by atoms with Crippen molar-refractivity contribution in [1.82, 2.24) is 15.3 Å². The quantitative estimate of drug-likeness (QED) is 0.710. The number of carbonyl (C=O) groups is 1. The Bertz CT molecular complexity index is 476. The van der Waals surface area contributed by atoms with E-state index < -0.39 is 5.91 Å². The maximum Gasteiger partial charge on any atom is 0.248 e. The van der Waals surface area contributed by atoms with E-state index in [0.717, 1.165) is 17.9 Å². The van der Waals surface area contributed by atoms with E-state index in [0.29, 0.717) is 12.1 Å². The molecule has 0 aliphatic heterocycles. The summed E-state index contributed by atoms with van der Waals surface area (Å²) in [5.41, 5.74) is 6.79. The number of aromatic nitrogens is 2. The second kappa shape index (κ2) is 5.27. The molecule has 88 valence electrons. The van der Waals surface area contributed by atoms with E-state index >= 15 is 0 Å². The second-order valence-electron chi connectivity index (χ2n) is 3.70. The lowest BCUT2D eigenvalue weighted by molar-refractivity contribution is 0.100. The summed E-state index contributed by atoms with van der Waals surface area (Å²) in [6.45, 7) is 1.41. The minimum absolute atomic E-state index is 0.403. The monoisotopic (exact) mass is 230 g/mol. The third kappa shape index (κ3) is 3.15. The molecule has 0 unspecified atom stereocenters. The molecule has 0 bridgehead atoms. The van der Waals surface area contributed by atoms with Crippen molar-refractivity contribution in [2.24, 2.45) is 5.73 Å². The van der Waals surface area contributed by atoms with Crippen LogP contribution in [0.4, 0.5) is 0 Å². The second-order valence-corrected chi connectivity index (χ2v) is 3.70. The molecule has 0 atom stereocenters. The summed E-state index contributed by atoms with van der Waals surface area (Å²) < 4.78 is 0. The lowest BCUT2D eigenvalue weighted by Crippen LogP contribution is -2.14. The van der Waals surface area contributed by atoms with Crippen molar-refractivity contribution in [2.45, 2.75) is 13.1 Å². The average molecular weight is 230 g/mol. The number of H-pyrrole nitrogens is 1. The number of hydrogen-bond acceptors (Lipinski definition) is 3. The lowest BCUT2D eigenvalue weighted by atomic mass is 10.1. The zero-order valence-electron chi connectivity index (χ0n) is 9.31. The number of nitrogens with two attached hydrogens (primary N) is 1. The van der Waals surface area contributed by atoms with E-state index in [9.17, 15) is 4.79 Å². The Balaban J connectivity index is 1.85. The van der Waals surface area contributed by atoms with Crippen molar-refractivity contribution in [2.75, 3.05) is 0 Å². The zero-order valence-corrected chi connectivity index (χ0v) is 9.31. The summed E-state index contributed by atoms with van der Waals surface area (Å²) in [7, 11) is 0. The summed E-state index contributed by atoms with van der Waals surface area (Å²) in [6.07, 6.45) is 3.51. The topological polar surface area (TPSA) is 83.8 Å². The van der Waals surface area contributed by atoms with E-state index in [4.69, 9.17) is 5.73 Å². The van der Waals surface area contributed by atoms with Crippen LogP contribution in [-0.4, -0.2) is 15.9 Å². The average Bonchev–Trinajstić information content (AvgIpc) is 2.83. The van der Waals surface area contributed by atoms with Crippen LogP contribution in [0.5, 0.6) is 0 Å². The lowest BCUT2D eigenvalue weighted by Gasteiger charge is -2.03. The van der Waals surface area contributed by atoms with E-state index in [2.05, 4.69) is 15.3 Å². The van der Waals surface area contributed by atoms with Gasteiger partial charge < -0.3 is 16.0 Å². The number of nitrogens with zero attached hydrogens (tertiary/aromatic N) is 1. The molecule has 0 radical (unpaired) electrons. The fourth-order valence-electron chi connectivity index (χ4n) is 1.51.